The topological polar surface area (TPSA) is 98.1 Å². The van der Waals surface area contributed by atoms with Crippen molar-refractivity contribution in [2.24, 2.45) is 0 Å². The molecule has 0 atom stereocenters. The van der Waals surface area contributed by atoms with Crippen molar-refractivity contribution in [2.75, 3.05) is 7.11 Å². The second kappa shape index (κ2) is 9.35. The third kappa shape index (κ3) is 4.91. The minimum Gasteiger partial charge on any atom is -0.497 e. The molecule has 0 saturated carbocycles. The van der Waals surface area contributed by atoms with E-state index in [9.17, 15) is 22.8 Å². The smallest absolute Gasteiger partial charge is 0.435 e. The highest BCUT2D eigenvalue weighted by atomic mass is 32.1. The summed E-state index contributed by atoms with van der Waals surface area (Å²) < 4.78 is 46.0. The Morgan fingerprint density at radius 1 is 1.00 bits per heavy atom. The van der Waals surface area contributed by atoms with E-state index in [-0.39, 0.29) is 22.1 Å². The lowest BCUT2D eigenvalue weighted by Crippen LogP contribution is -2.41. The van der Waals surface area contributed by atoms with Gasteiger partial charge in [0, 0.05) is 16.5 Å². The minimum atomic E-state index is -4.65. The molecule has 0 radical (unpaired) electrons. The van der Waals surface area contributed by atoms with Gasteiger partial charge in [0.2, 0.25) is 5.13 Å². The van der Waals surface area contributed by atoms with E-state index in [4.69, 9.17) is 4.74 Å². The molecule has 8 nitrogen and oxygen atoms in total. The Labute approximate surface area is 195 Å². The lowest BCUT2D eigenvalue weighted by atomic mass is 10.1. The van der Waals surface area contributed by atoms with Crippen molar-refractivity contribution in [3.63, 3.8) is 0 Å². The van der Waals surface area contributed by atoms with Crippen molar-refractivity contribution in [3.8, 4) is 22.1 Å². The first-order valence-corrected chi connectivity index (χ1v) is 10.6. The Hall–Kier alpha value is -4.19. The van der Waals surface area contributed by atoms with Gasteiger partial charge in [-0.1, -0.05) is 30.3 Å². The predicted molar refractivity (Wildman–Crippen MR) is 118 cm³/mol. The summed E-state index contributed by atoms with van der Waals surface area (Å²) in [6.45, 7) is 0. The molecule has 0 aliphatic heterocycles. The number of carbonyl (C=O) groups is 2. The largest absolute Gasteiger partial charge is 0.497 e. The van der Waals surface area contributed by atoms with E-state index in [0.717, 1.165) is 22.1 Å². The predicted octanol–water partition coefficient (Wildman–Crippen LogP) is 4.10. The first kappa shape index (κ1) is 23.0. The van der Waals surface area contributed by atoms with Crippen LogP contribution in [0, 0.1) is 0 Å². The molecule has 2 aromatic carbocycles. The van der Waals surface area contributed by atoms with Gasteiger partial charge in [-0.05, 0) is 30.3 Å². The molecule has 0 unspecified atom stereocenters. The number of aromatic nitrogens is 3. The number of methoxy groups -OCH3 is 1. The number of amides is 2. The van der Waals surface area contributed by atoms with Gasteiger partial charge in [0.05, 0.1) is 12.8 Å². The highest BCUT2D eigenvalue weighted by Gasteiger charge is 2.35. The van der Waals surface area contributed by atoms with Crippen molar-refractivity contribution in [3.05, 3.63) is 83.0 Å². The molecule has 4 aromatic rings. The summed E-state index contributed by atoms with van der Waals surface area (Å²) >= 11 is 0.933. The van der Waals surface area contributed by atoms with Crippen LogP contribution in [0.5, 0.6) is 5.75 Å². The Bertz CT molecular complexity index is 1320. The maximum Gasteiger partial charge on any atom is 0.435 e. The summed E-state index contributed by atoms with van der Waals surface area (Å²) in [6, 6.07) is 15.5. The summed E-state index contributed by atoms with van der Waals surface area (Å²) in [6.07, 6.45) is -4.65. The van der Waals surface area contributed by atoms with Crippen LogP contribution in [0.4, 0.5) is 13.2 Å². The van der Waals surface area contributed by atoms with Crippen molar-refractivity contribution < 1.29 is 27.5 Å². The Kier molecular flexibility index (Phi) is 6.32. The first-order valence-electron chi connectivity index (χ1n) is 9.69. The number of alkyl halides is 3. The van der Waals surface area contributed by atoms with Crippen molar-refractivity contribution >= 4 is 23.2 Å². The van der Waals surface area contributed by atoms with Crippen LogP contribution in [0.25, 0.3) is 16.4 Å². The molecule has 34 heavy (non-hydrogen) atoms. The summed E-state index contributed by atoms with van der Waals surface area (Å²) in [4.78, 5) is 28.7. The van der Waals surface area contributed by atoms with Gasteiger partial charge in [-0.2, -0.15) is 18.3 Å². The van der Waals surface area contributed by atoms with E-state index >= 15 is 0 Å². The fraction of sp³-hybridized carbons (Fsp3) is 0.0909. The standard InChI is InChI=1S/C22H16F3N5O3S/c1-33-15-9-7-14(8-10-15)19(31)27-28-20(32)16-12-34-21(26-16)30-17(13-5-3-2-4-6-13)11-18(29-30)22(23,24)25/h2-12H,1H3,(H,27,31)(H,28,32). The van der Waals surface area contributed by atoms with Crippen LogP contribution in [0.2, 0.25) is 0 Å². The van der Waals surface area contributed by atoms with Crippen LogP contribution >= 0.6 is 11.3 Å². The third-order valence-electron chi connectivity index (χ3n) is 4.62. The number of rotatable bonds is 5. The van der Waals surface area contributed by atoms with Gasteiger partial charge >= 0.3 is 6.18 Å². The molecule has 2 heterocycles. The molecular weight excluding hydrogens is 471 g/mol. The summed E-state index contributed by atoms with van der Waals surface area (Å²) in [5.41, 5.74) is 4.26. The molecule has 0 aliphatic rings. The van der Waals surface area contributed by atoms with Crippen LogP contribution in [0.1, 0.15) is 26.5 Å². The number of nitrogens with one attached hydrogen (secondary N) is 2. The zero-order chi connectivity index (χ0) is 24.3. The number of nitrogens with zero attached hydrogens (tertiary/aromatic N) is 3. The SMILES string of the molecule is COc1ccc(C(=O)NNC(=O)c2csc(-n3nc(C(F)(F)F)cc3-c3ccccc3)n2)cc1. The zero-order valence-corrected chi connectivity index (χ0v) is 18.3. The van der Waals surface area contributed by atoms with Crippen LogP contribution in [-0.4, -0.2) is 33.7 Å². The molecule has 0 fully saturated rings. The molecule has 2 N–H and O–H groups in total. The highest BCUT2D eigenvalue weighted by Crippen LogP contribution is 2.33. The number of halogens is 3. The average Bonchev–Trinajstić information content (AvgIpc) is 3.50. The summed E-state index contributed by atoms with van der Waals surface area (Å²) in [7, 11) is 1.49. The van der Waals surface area contributed by atoms with Gasteiger partial charge in [-0.25, -0.2) is 9.67 Å². The summed E-state index contributed by atoms with van der Waals surface area (Å²) in [5.74, 6) is -0.744. The quantitative estimate of drug-likeness (QED) is 0.413. The number of hydrogen-bond acceptors (Lipinski definition) is 6. The second-order valence-electron chi connectivity index (χ2n) is 6.84. The van der Waals surface area contributed by atoms with Gasteiger partial charge in [0.1, 0.15) is 11.4 Å². The Balaban J connectivity index is 1.53. The molecule has 0 saturated heterocycles. The normalized spacial score (nSPS) is 11.2. The van der Waals surface area contributed by atoms with Crippen LogP contribution < -0.4 is 15.6 Å². The Morgan fingerprint density at radius 2 is 1.68 bits per heavy atom. The molecular formula is C22H16F3N5O3S. The maximum absolute atomic E-state index is 13.3. The van der Waals surface area contributed by atoms with Gasteiger partial charge in [-0.3, -0.25) is 20.4 Å². The van der Waals surface area contributed by atoms with E-state index in [1.165, 1.54) is 24.6 Å². The molecule has 2 aromatic heterocycles. The fourth-order valence-electron chi connectivity index (χ4n) is 2.94. The number of benzene rings is 2. The zero-order valence-electron chi connectivity index (χ0n) is 17.5. The van der Waals surface area contributed by atoms with E-state index in [2.05, 4.69) is 20.9 Å². The molecule has 12 heteroatoms. The first-order chi connectivity index (χ1) is 16.3. The lowest BCUT2D eigenvalue weighted by Gasteiger charge is -2.07. The third-order valence-corrected chi connectivity index (χ3v) is 5.43. The molecule has 174 valence electrons. The van der Waals surface area contributed by atoms with Crippen LogP contribution in [-0.2, 0) is 6.18 Å². The maximum atomic E-state index is 13.3. The van der Waals surface area contributed by atoms with Crippen molar-refractivity contribution in [2.45, 2.75) is 6.18 Å². The molecule has 2 amide bonds. The van der Waals surface area contributed by atoms with Gasteiger partial charge in [0.25, 0.3) is 11.8 Å². The van der Waals surface area contributed by atoms with Crippen LogP contribution in [0.15, 0.2) is 66.0 Å². The lowest BCUT2D eigenvalue weighted by molar-refractivity contribution is -0.141. The average molecular weight is 487 g/mol. The molecule has 0 spiro atoms. The minimum absolute atomic E-state index is 0.0565. The molecule has 4 rings (SSSR count). The number of carbonyl (C=O) groups excluding carboxylic acids is 2. The summed E-state index contributed by atoms with van der Waals surface area (Å²) in [5, 5.41) is 5.07. The molecule has 0 bridgehead atoms. The Morgan fingerprint density at radius 3 is 2.32 bits per heavy atom. The fourth-order valence-corrected chi connectivity index (χ4v) is 3.70. The van der Waals surface area contributed by atoms with E-state index in [1.54, 1.807) is 42.5 Å². The van der Waals surface area contributed by atoms with E-state index in [0.29, 0.717) is 11.3 Å². The second-order valence-corrected chi connectivity index (χ2v) is 7.68. The number of thiazole rings is 1. The highest BCUT2D eigenvalue weighted by molar-refractivity contribution is 7.12. The number of hydrazine groups is 1. The van der Waals surface area contributed by atoms with E-state index < -0.39 is 23.7 Å². The number of hydrogen-bond donors (Lipinski definition) is 2. The monoisotopic (exact) mass is 487 g/mol. The number of ether oxygens (including phenoxy) is 1. The van der Waals surface area contributed by atoms with Crippen molar-refractivity contribution in [1.29, 1.82) is 0 Å². The van der Waals surface area contributed by atoms with E-state index in [1.807, 2.05) is 0 Å². The van der Waals surface area contributed by atoms with Gasteiger partial charge in [0.15, 0.2) is 5.69 Å². The molecule has 0 aliphatic carbocycles. The van der Waals surface area contributed by atoms with Gasteiger partial charge < -0.3 is 4.74 Å². The van der Waals surface area contributed by atoms with Gasteiger partial charge in [-0.15, -0.1) is 11.3 Å². The van der Waals surface area contributed by atoms with Crippen LogP contribution in [0.3, 0.4) is 0 Å². The van der Waals surface area contributed by atoms with Crippen molar-refractivity contribution in [1.82, 2.24) is 25.6 Å².